The fourth-order valence-corrected chi connectivity index (χ4v) is 2.53. The molecule has 0 amide bonds. The van der Waals surface area contributed by atoms with E-state index in [-0.39, 0.29) is 30.2 Å². The standard InChI is InChI=1S/C16H13F4NO4/c17-7-1-10(15-14(2-7)24-6-8(5-21)25-15)9-3-12(22)13(23)4-11(9)16(18,19)20/h1-4,8,22-23H,5-6,21H2/t8-/m0/s1. The first-order valence-corrected chi connectivity index (χ1v) is 7.17. The number of nitrogens with two attached hydrogens (primary N) is 1. The van der Waals surface area contributed by atoms with Crippen LogP contribution in [0.1, 0.15) is 5.56 Å². The highest BCUT2D eigenvalue weighted by Gasteiger charge is 2.37. The normalized spacial score (nSPS) is 16.8. The zero-order valence-corrected chi connectivity index (χ0v) is 12.6. The SMILES string of the molecule is NC[C@H]1COc2cc(F)cc(-c3cc(O)c(O)cc3C(F)(F)F)c2O1. The molecule has 4 N–H and O–H groups in total. The first kappa shape index (κ1) is 17.2. The molecule has 2 aromatic carbocycles. The maximum atomic E-state index is 13.9. The molecule has 0 aliphatic carbocycles. The summed E-state index contributed by atoms with van der Waals surface area (Å²) in [7, 11) is 0. The van der Waals surface area contributed by atoms with Crippen LogP contribution in [0.5, 0.6) is 23.0 Å². The minimum Gasteiger partial charge on any atom is -0.504 e. The van der Waals surface area contributed by atoms with Crippen LogP contribution in [0.3, 0.4) is 0 Å². The van der Waals surface area contributed by atoms with Crippen LogP contribution >= 0.6 is 0 Å². The molecule has 1 aliphatic heterocycles. The Labute approximate surface area is 139 Å². The third-order valence-corrected chi connectivity index (χ3v) is 3.70. The van der Waals surface area contributed by atoms with Crippen molar-refractivity contribution >= 4 is 0 Å². The number of alkyl halides is 3. The van der Waals surface area contributed by atoms with Gasteiger partial charge in [-0.3, -0.25) is 0 Å². The smallest absolute Gasteiger partial charge is 0.417 e. The molecule has 0 saturated heterocycles. The van der Waals surface area contributed by atoms with E-state index in [2.05, 4.69) is 0 Å². The number of benzene rings is 2. The average molecular weight is 359 g/mol. The third kappa shape index (κ3) is 3.14. The van der Waals surface area contributed by atoms with Gasteiger partial charge in [-0.2, -0.15) is 13.2 Å². The molecule has 2 aromatic rings. The summed E-state index contributed by atoms with van der Waals surface area (Å²) in [4.78, 5) is 0. The number of phenols is 2. The van der Waals surface area contributed by atoms with Crippen molar-refractivity contribution in [1.82, 2.24) is 0 Å². The van der Waals surface area contributed by atoms with Gasteiger partial charge >= 0.3 is 6.18 Å². The lowest BCUT2D eigenvalue weighted by molar-refractivity contribution is -0.137. The molecule has 0 unspecified atom stereocenters. The van der Waals surface area contributed by atoms with E-state index < -0.39 is 40.7 Å². The Balaban J connectivity index is 2.27. The maximum Gasteiger partial charge on any atom is 0.417 e. The van der Waals surface area contributed by atoms with Crippen molar-refractivity contribution < 1.29 is 37.2 Å². The Morgan fingerprint density at radius 3 is 2.40 bits per heavy atom. The molecular formula is C16H13F4NO4. The molecular weight excluding hydrogens is 346 g/mol. The van der Waals surface area contributed by atoms with Crippen molar-refractivity contribution in [2.24, 2.45) is 5.73 Å². The third-order valence-electron chi connectivity index (χ3n) is 3.70. The molecule has 134 valence electrons. The molecule has 0 fully saturated rings. The maximum absolute atomic E-state index is 13.9. The second kappa shape index (κ2) is 5.99. The average Bonchev–Trinajstić information content (AvgIpc) is 2.54. The molecule has 25 heavy (non-hydrogen) atoms. The summed E-state index contributed by atoms with van der Waals surface area (Å²) >= 11 is 0. The van der Waals surface area contributed by atoms with Crippen LogP contribution in [0, 0.1) is 5.82 Å². The van der Waals surface area contributed by atoms with Crippen LogP contribution in [0.4, 0.5) is 17.6 Å². The van der Waals surface area contributed by atoms with E-state index in [9.17, 15) is 27.8 Å². The zero-order chi connectivity index (χ0) is 18.4. The van der Waals surface area contributed by atoms with Gasteiger partial charge in [-0.25, -0.2) is 4.39 Å². The number of fused-ring (bicyclic) bond motifs is 1. The monoisotopic (exact) mass is 359 g/mol. The van der Waals surface area contributed by atoms with E-state index in [0.29, 0.717) is 12.1 Å². The summed E-state index contributed by atoms with van der Waals surface area (Å²) in [5, 5.41) is 19.0. The van der Waals surface area contributed by atoms with Crippen LogP contribution in [0.25, 0.3) is 11.1 Å². The van der Waals surface area contributed by atoms with Crippen LogP contribution in [0.15, 0.2) is 24.3 Å². The molecule has 5 nitrogen and oxygen atoms in total. The summed E-state index contributed by atoms with van der Waals surface area (Å²) in [5.41, 5.74) is 3.41. The van der Waals surface area contributed by atoms with Crippen LogP contribution < -0.4 is 15.2 Å². The summed E-state index contributed by atoms with van der Waals surface area (Å²) in [6, 6.07) is 2.88. The zero-order valence-electron chi connectivity index (χ0n) is 12.6. The second-order valence-corrected chi connectivity index (χ2v) is 5.45. The molecule has 1 aliphatic rings. The quantitative estimate of drug-likeness (QED) is 0.567. The van der Waals surface area contributed by atoms with Crippen molar-refractivity contribution in [3.8, 4) is 34.1 Å². The Morgan fingerprint density at radius 1 is 1.08 bits per heavy atom. The predicted octanol–water partition coefficient (Wildman–Crippen LogP) is 3.02. The largest absolute Gasteiger partial charge is 0.504 e. The Hall–Kier alpha value is -2.68. The molecule has 0 aromatic heterocycles. The van der Waals surface area contributed by atoms with E-state index in [0.717, 1.165) is 12.1 Å². The summed E-state index contributed by atoms with van der Waals surface area (Å²) in [6.07, 6.45) is -5.47. The van der Waals surface area contributed by atoms with Gasteiger partial charge in [0.15, 0.2) is 23.0 Å². The fourth-order valence-electron chi connectivity index (χ4n) is 2.53. The van der Waals surface area contributed by atoms with E-state index in [1.165, 1.54) is 0 Å². The number of halogens is 4. The second-order valence-electron chi connectivity index (χ2n) is 5.45. The van der Waals surface area contributed by atoms with Crippen molar-refractivity contribution in [2.45, 2.75) is 12.3 Å². The fraction of sp³-hybridized carbons (Fsp3) is 0.250. The highest BCUT2D eigenvalue weighted by Crippen LogP contribution is 2.48. The molecule has 3 rings (SSSR count). The lowest BCUT2D eigenvalue weighted by Crippen LogP contribution is -2.36. The van der Waals surface area contributed by atoms with Gasteiger partial charge in [-0.05, 0) is 18.2 Å². The van der Waals surface area contributed by atoms with Crippen LogP contribution in [-0.4, -0.2) is 29.5 Å². The number of rotatable bonds is 2. The first-order chi connectivity index (χ1) is 11.7. The van der Waals surface area contributed by atoms with Gasteiger partial charge < -0.3 is 25.4 Å². The van der Waals surface area contributed by atoms with Gasteiger partial charge in [0, 0.05) is 23.7 Å². The molecule has 0 radical (unpaired) electrons. The molecule has 0 bridgehead atoms. The number of hydrogen-bond donors (Lipinski definition) is 3. The summed E-state index contributed by atoms with van der Waals surface area (Å²) in [6.45, 7) is 0.0720. The van der Waals surface area contributed by atoms with Gasteiger partial charge in [0.2, 0.25) is 0 Å². The Bertz CT molecular complexity index is 823. The number of aromatic hydroxyl groups is 2. The topological polar surface area (TPSA) is 84.9 Å². The van der Waals surface area contributed by atoms with E-state index in [1.807, 2.05) is 0 Å². The minimum atomic E-state index is -4.86. The lowest BCUT2D eigenvalue weighted by Gasteiger charge is -2.28. The van der Waals surface area contributed by atoms with Gasteiger partial charge in [0.25, 0.3) is 0 Å². The Kier molecular flexibility index (Phi) is 4.11. The van der Waals surface area contributed by atoms with Gasteiger partial charge in [-0.1, -0.05) is 0 Å². The number of hydrogen-bond acceptors (Lipinski definition) is 5. The first-order valence-electron chi connectivity index (χ1n) is 7.17. The van der Waals surface area contributed by atoms with Crippen molar-refractivity contribution in [1.29, 1.82) is 0 Å². The lowest BCUT2D eigenvalue weighted by atomic mass is 9.96. The Morgan fingerprint density at radius 2 is 1.76 bits per heavy atom. The molecule has 0 saturated carbocycles. The van der Waals surface area contributed by atoms with Gasteiger partial charge in [-0.15, -0.1) is 0 Å². The molecule has 1 heterocycles. The predicted molar refractivity (Wildman–Crippen MR) is 79.1 cm³/mol. The van der Waals surface area contributed by atoms with E-state index >= 15 is 0 Å². The number of phenolic OH excluding ortho intramolecular Hbond substituents is 2. The van der Waals surface area contributed by atoms with Crippen molar-refractivity contribution in [3.63, 3.8) is 0 Å². The number of ether oxygens (including phenoxy) is 2. The van der Waals surface area contributed by atoms with E-state index in [1.54, 1.807) is 0 Å². The van der Waals surface area contributed by atoms with Crippen molar-refractivity contribution in [3.05, 3.63) is 35.6 Å². The van der Waals surface area contributed by atoms with Crippen molar-refractivity contribution in [2.75, 3.05) is 13.2 Å². The van der Waals surface area contributed by atoms with Crippen LogP contribution in [0.2, 0.25) is 0 Å². The minimum absolute atomic E-state index is 0.0271. The van der Waals surface area contributed by atoms with Gasteiger partial charge in [0.1, 0.15) is 18.5 Å². The van der Waals surface area contributed by atoms with E-state index in [4.69, 9.17) is 15.2 Å². The molecule has 0 spiro atoms. The van der Waals surface area contributed by atoms with Crippen LogP contribution in [-0.2, 0) is 6.18 Å². The molecule has 1 atom stereocenters. The summed E-state index contributed by atoms with van der Waals surface area (Å²) < 4.78 is 64.7. The molecule has 9 heteroatoms. The summed E-state index contributed by atoms with van der Waals surface area (Å²) in [5.74, 6) is -2.75. The highest BCUT2D eigenvalue weighted by atomic mass is 19.4. The highest BCUT2D eigenvalue weighted by molar-refractivity contribution is 5.79. The van der Waals surface area contributed by atoms with Gasteiger partial charge in [0.05, 0.1) is 5.56 Å².